The number of hydrogen-bond donors (Lipinski definition) is 1. The lowest BCUT2D eigenvalue weighted by Gasteiger charge is -2.12. The molecular weight excluding hydrogens is 326 g/mol. The molecule has 0 bridgehead atoms. The number of benzene rings is 2. The van der Waals surface area contributed by atoms with Crippen LogP contribution in [-0.2, 0) is 10.0 Å². The molecule has 2 aromatic rings. The van der Waals surface area contributed by atoms with Gasteiger partial charge >= 0.3 is 5.97 Å². The van der Waals surface area contributed by atoms with Crippen LogP contribution in [0, 0.1) is 0 Å². The molecule has 0 radical (unpaired) electrons. The van der Waals surface area contributed by atoms with Crippen LogP contribution in [-0.4, -0.2) is 37.9 Å². The van der Waals surface area contributed by atoms with Gasteiger partial charge in [-0.15, -0.1) is 0 Å². The van der Waals surface area contributed by atoms with Crippen molar-refractivity contribution in [2.45, 2.75) is 4.90 Å². The summed E-state index contributed by atoms with van der Waals surface area (Å²) in [5, 5.41) is 9.24. The highest BCUT2D eigenvalue weighted by Crippen LogP contribution is 2.26. The largest absolute Gasteiger partial charge is 0.478 e. The van der Waals surface area contributed by atoms with Crippen molar-refractivity contribution in [2.24, 2.45) is 0 Å². The summed E-state index contributed by atoms with van der Waals surface area (Å²) < 4.78 is 25.1. The van der Waals surface area contributed by atoms with Gasteiger partial charge in [0.2, 0.25) is 10.0 Å². The van der Waals surface area contributed by atoms with Crippen LogP contribution in [0.25, 0.3) is 11.1 Å². The molecule has 0 aliphatic heterocycles. The molecule has 0 unspecified atom stereocenters. The molecule has 0 spiro atoms. The molecule has 0 atom stereocenters. The molecule has 116 valence electrons. The Hall–Kier alpha value is -1.89. The number of carboxylic acid groups (broad SMARTS) is 1. The molecule has 0 saturated heterocycles. The van der Waals surface area contributed by atoms with E-state index in [1.54, 1.807) is 18.2 Å². The predicted octanol–water partition coefficient (Wildman–Crippen LogP) is 2.96. The van der Waals surface area contributed by atoms with Gasteiger partial charge in [-0.25, -0.2) is 17.5 Å². The van der Waals surface area contributed by atoms with Gasteiger partial charge in [-0.3, -0.25) is 0 Å². The lowest BCUT2D eigenvalue weighted by atomic mass is 10.0. The van der Waals surface area contributed by atoms with Crippen LogP contribution in [0.1, 0.15) is 10.4 Å². The fraction of sp³-hybridized carbons (Fsp3) is 0.133. The quantitative estimate of drug-likeness (QED) is 0.929. The monoisotopic (exact) mass is 339 g/mol. The van der Waals surface area contributed by atoms with E-state index in [0.29, 0.717) is 11.1 Å². The Morgan fingerprint density at radius 2 is 1.59 bits per heavy atom. The van der Waals surface area contributed by atoms with Gasteiger partial charge in [0.15, 0.2) is 0 Å². The molecule has 1 N–H and O–H groups in total. The third-order valence-electron chi connectivity index (χ3n) is 3.16. The van der Waals surface area contributed by atoms with Gasteiger partial charge in [0.1, 0.15) is 0 Å². The molecule has 0 aliphatic rings. The van der Waals surface area contributed by atoms with E-state index in [2.05, 4.69) is 0 Å². The smallest absolute Gasteiger partial charge is 0.337 e. The second-order valence-corrected chi connectivity index (χ2v) is 7.37. The highest BCUT2D eigenvalue weighted by atomic mass is 35.5. The fourth-order valence-corrected chi connectivity index (χ4v) is 3.00. The molecule has 5 nitrogen and oxygen atoms in total. The highest BCUT2D eigenvalue weighted by Gasteiger charge is 2.17. The van der Waals surface area contributed by atoms with Crippen molar-refractivity contribution in [3.8, 4) is 11.1 Å². The maximum absolute atomic E-state index is 12.0. The number of halogens is 1. The molecule has 7 heteroatoms. The summed E-state index contributed by atoms with van der Waals surface area (Å²) in [5.74, 6) is -1.11. The third kappa shape index (κ3) is 3.14. The first kappa shape index (κ1) is 16.5. The van der Waals surface area contributed by atoms with E-state index in [0.717, 1.165) is 4.31 Å². The minimum absolute atomic E-state index is 0.00385. The summed E-state index contributed by atoms with van der Waals surface area (Å²) in [6, 6.07) is 10.9. The Labute approximate surface area is 133 Å². The fourth-order valence-electron chi connectivity index (χ4n) is 1.90. The first-order valence-electron chi connectivity index (χ1n) is 6.29. The second-order valence-electron chi connectivity index (χ2n) is 4.81. The van der Waals surface area contributed by atoms with E-state index in [1.165, 1.54) is 38.4 Å². The lowest BCUT2D eigenvalue weighted by Crippen LogP contribution is -2.22. The Morgan fingerprint density at radius 3 is 2.09 bits per heavy atom. The minimum Gasteiger partial charge on any atom is -0.478 e. The van der Waals surface area contributed by atoms with Gasteiger partial charge in [-0.05, 0) is 35.4 Å². The van der Waals surface area contributed by atoms with Gasteiger partial charge in [0.25, 0.3) is 0 Å². The maximum atomic E-state index is 12.0. The number of carboxylic acids is 1. The molecule has 2 rings (SSSR count). The standard InChI is InChI=1S/C15H14ClNO4S/c1-17(2)22(20,21)12-6-3-10(4-7-12)11-5-8-14(16)13(9-11)15(18)19/h3-9H,1-2H3,(H,18,19). The number of rotatable bonds is 4. The van der Waals surface area contributed by atoms with E-state index < -0.39 is 16.0 Å². The van der Waals surface area contributed by atoms with Crippen molar-refractivity contribution in [3.05, 3.63) is 53.1 Å². The lowest BCUT2D eigenvalue weighted by molar-refractivity contribution is 0.0697. The first-order chi connectivity index (χ1) is 10.2. The van der Waals surface area contributed by atoms with Gasteiger partial charge < -0.3 is 5.11 Å². The van der Waals surface area contributed by atoms with Crippen LogP contribution in [0.3, 0.4) is 0 Å². The summed E-state index contributed by atoms with van der Waals surface area (Å²) in [6.07, 6.45) is 0. The minimum atomic E-state index is -3.49. The molecule has 0 aromatic heterocycles. The summed E-state index contributed by atoms with van der Waals surface area (Å²) in [4.78, 5) is 11.3. The van der Waals surface area contributed by atoms with Crippen LogP contribution in [0.5, 0.6) is 0 Å². The zero-order valence-corrected chi connectivity index (χ0v) is 13.5. The average molecular weight is 340 g/mol. The van der Waals surface area contributed by atoms with Crippen molar-refractivity contribution in [2.75, 3.05) is 14.1 Å². The normalized spacial score (nSPS) is 11.6. The van der Waals surface area contributed by atoms with Crippen molar-refractivity contribution in [3.63, 3.8) is 0 Å². The number of nitrogens with zero attached hydrogens (tertiary/aromatic N) is 1. The van der Waals surface area contributed by atoms with Gasteiger partial charge in [0.05, 0.1) is 15.5 Å². The molecule has 0 aliphatic carbocycles. The van der Waals surface area contributed by atoms with E-state index in [-0.39, 0.29) is 15.5 Å². The number of carbonyl (C=O) groups is 1. The maximum Gasteiger partial charge on any atom is 0.337 e. The Balaban J connectivity index is 2.44. The van der Waals surface area contributed by atoms with Gasteiger partial charge in [0, 0.05) is 14.1 Å². The van der Waals surface area contributed by atoms with Crippen molar-refractivity contribution >= 4 is 27.6 Å². The second kappa shape index (κ2) is 6.08. The summed E-state index contributed by atoms with van der Waals surface area (Å²) in [6.45, 7) is 0. The number of sulfonamides is 1. The zero-order chi connectivity index (χ0) is 16.5. The zero-order valence-electron chi connectivity index (χ0n) is 11.9. The molecule has 0 heterocycles. The SMILES string of the molecule is CN(C)S(=O)(=O)c1ccc(-c2ccc(Cl)c(C(=O)O)c2)cc1. The molecule has 0 saturated carbocycles. The van der Waals surface area contributed by atoms with Gasteiger partial charge in [-0.2, -0.15) is 0 Å². The van der Waals surface area contributed by atoms with E-state index in [1.807, 2.05) is 0 Å². The predicted molar refractivity (Wildman–Crippen MR) is 84.7 cm³/mol. The number of aromatic carboxylic acids is 1. The first-order valence-corrected chi connectivity index (χ1v) is 8.11. The van der Waals surface area contributed by atoms with Crippen LogP contribution >= 0.6 is 11.6 Å². The van der Waals surface area contributed by atoms with Crippen molar-refractivity contribution < 1.29 is 18.3 Å². The van der Waals surface area contributed by atoms with Crippen molar-refractivity contribution in [1.29, 1.82) is 0 Å². The molecule has 22 heavy (non-hydrogen) atoms. The molecular formula is C15H14ClNO4S. The molecule has 0 fully saturated rings. The van der Waals surface area contributed by atoms with Crippen molar-refractivity contribution in [1.82, 2.24) is 4.31 Å². The Bertz CT molecular complexity index is 814. The molecule has 2 aromatic carbocycles. The van der Waals surface area contributed by atoms with Crippen LogP contribution < -0.4 is 0 Å². The van der Waals surface area contributed by atoms with E-state index >= 15 is 0 Å². The summed E-state index contributed by atoms with van der Waals surface area (Å²) in [7, 11) is -0.566. The Morgan fingerprint density at radius 1 is 1.05 bits per heavy atom. The van der Waals surface area contributed by atoms with E-state index in [9.17, 15) is 13.2 Å². The van der Waals surface area contributed by atoms with Gasteiger partial charge in [-0.1, -0.05) is 29.8 Å². The molecule has 0 amide bonds. The van der Waals surface area contributed by atoms with Crippen LogP contribution in [0.2, 0.25) is 5.02 Å². The van der Waals surface area contributed by atoms with E-state index in [4.69, 9.17) is 16.7 Å². The summed E-state index contributed by atoms with van der Waals surface area (Å²) >= 11 is 5.83. The third-order valence-corrected chi connectivity index (χ3v) is 5.32. The average Bonchev–Trinajstić information content (AvgIpc) is 2.47. The van der Waals surface area contributed by atoms with Crippen LogP contribution in [0.15, 0.2) is 47.4 Å². The van der Waals surface area contributed by atoms with Crippen LogP contribution in [0.4, 0.5) is 0 Å². The summed E-state index contributed by atoms with van der Waals surface area (Å²) in [5.41, 5.74) is 1.36. The topological polar surface area (TPSA) is 74.7 Å². The Kier molecular flexibility index (Phi) is 4.55. The highest BCUT2D eigenvalue weighted by molar-refractivity contribution is 7.89. The number of hydrogen-bond acceptors (Lipinski definition) is 3.